The van der Waals surface area contributed by atoms with Gasteiger partial charge in [-0.1, -0.05) is 23.7 Å². The van der Waals surface area contributed by atoms with Crippen LogP contribution in [0.15, 0.2) is 65.1 Å². The van der Waals surface area contributed by atoms with Crippen molar-refractivity contribution in [1.82, 2.24) is 4.90 Å². The number of ether oxygens (including phenoxy) is 1. The van der Waals surface area contributed by atoms with Gasteiger partial charge < -0.3 is 14.1 Å². The number of sulfone groups is 1. The molecule has 2 aromatic carbocycles. The van der Waals surface area contributed by atoms with Gasteiger partial charge in [-0.25, -0.2) is 8.42 Å². The maximum Gasteiger partial charge on any atom is 0.258 e. The molecule has 2 heterocycles. The average Bonchev–Trinajstić information content (AvgIpc) is 3.39. The van der Waals surface area contributed by atoms with E-state index in [9.17, 15) is 13.2 Å². The Labute approximate surface area is 192 Å². The van der Waals surface area contributed by atoms with Crippen LogP contribution in [0, 0.1) is 0 Å². The molecular weight excluding hydrogens is 450 g/mol. The van der Waals surface area contributed by atoms with Gasteiger partial charge in [-0.3, -0.25) is 4.79 Å². The minimum Gasteiger partial charge on any atom is -0.493 e. The minimum absolute atomic E-state index is 0.0553. The molecule has 3 aromatic rings. The molecule has 0 bridgehead atoms. The Morgan fingerprint density at radius 2 is 1.88 bits per heavy atom. The van der Waals surface area contributed by atoms with Gasteiger partial charge in [0, 0.05) is 16.6 Å². The molecule has 0 spiro atoms. The molecule has 6 nitrogen and oxygen atoms in total. The molecule has 1 unspecified atom stereocenters. The molecule has 4 rings (SSSR count). The summed E-state index contributed by atoms with van der Waals surface area (Å²) in [5.74, 6) is 1.44. The molecule has 0 saturated carbocycles. The average molecular weight is 474 g/mol. The van der Waals surface area contributed by atoms with Crippen LogP contribution in [-0.4, -0.2) is 43.4 Å². The second-order valence-corrected chi connectivity index (χ2v) is 10.4. The summed E-state index contributed by atoms with van der Waals surface area (Å²) in [6, 6.07) is 17.5. The lowest BCUT2D eigenvalue weighted by Crippen LogP contribution is -2.40. The Morgan fingerprint density at radius 3 is 2.56 bits per heavy atom. The van der Waals surface area contributed by atoms with Gasteiger partial charge in [-0.05, 0) is 61.9 Å². The number of nitrogens with zero attached hydrogens (tertiary/aromatic N) is 1. The van der Waals surface area contributed by atoms with E-state index in [1.807, 2.05) is 31.2 Å². The fourth-order valence-electron chi connectivity index (χ4n) is 3.87. The fourth-order valence-corrected chi connectivity index (χ4v) is 5.72. The van der Waals surface area contributed by atoms with Gasteiger partial charge in [-0.15, -0.1) is 0 Å². The first-order chi connectivity index (χ1) is 15.4. The summed E-state index contributed by atoms with van der Waals surface area (Å²) in [5.41, 5.74) is 1.27. The van der Waals surface area contributed by atoms with Crippen LogP contribution in [0.25, 0.3) is 11.3 Å². The van der Waals surface area contributed by atoms with Crippen molar-refractivity contribution in [3.63, 3.8) is 0 Å². The first-order valence-electron chi connectivity index (χ1n) is 10.4. The van der Waals surface area contributed by atoms with Crippen LogP contribution in [-0.2, 0) is 16.4 Å². The Bertz CT molecular complexity index is 1200. The first kappa shape index (κ1) is 22.4. The predicted molar refractivity (Wildman–Crippen MR) is 124 cm³/mol. The van der Waals surface area contributed by atoms with Gasteiger partial charge in [0.05, 0.1) is 30.2 Å². The van der Waals surface area contributed by atoms with E-state index in [1.165, 1.54) is 0 Å². The molecule has 1 atom stereocenters. The highest BCUT2D eigenvalue weighted by Crippen LogP contribution is 2.29. The molecule has 1 aliphatic heterocycles. The lowest BCUT2D eigenvalue weighted by molar-refractivity contribution is 0.0662. The van der Waals surface area contributed by atoms with Gasteiger partial charge in [0.1, 0.15) is 17.3 Å². The third kappa shape index (κ3) is 5.00. The van der Waals surface area contributed by atoms with E-state index in [1.54, 1.807) is 41.3 Å². The van der Waals surface area contributed by atoms with Crippen molar-refractivity contribution in [2.24, 2.45) is 0 Å². The molecule has 1 aromatic heterocycles. The van der Waals surface area contributed by atoms with E-state index in [2.05, 4.69) is 0 Å². The number of rotatable bonds is 7. The summed E-state index contributed by atoms with van der Waals surface area (Å²) >= 11 is 5.96. The Balaban J connectivity index is 1.64. The number of carbonyl (C=O) groups excluding carboxylic acids is 1. The highest BCUT2D eigenvalue weighted by molar-refractivity contribution is 7.91. The van der Waals surface area contributed by atoms with Crippen LogP contribution in [0.5, 0.6) is 5.75 Å². The minimum atomic E-state index is -3.18. The SMILES string of the molecule is CCOc1ccccc1C(=O)N(Cc1ccc(-c2ccc(Cl)cc2)o1)C1CCS(=O)(=O)C1. The quantitative estimate of drug-likeness (QED) is 0.491. The predicted octanol–water partition coefficient (Wildman–Crippen LogP) is 4.83. The second kappa shape index (κ2) is 9.38. The maximum atomic E-state index is 13.6. The fraction of sp³-hybridized carbons (Fsp3) is 0.292. The van der Waals surface area contributed by atoms with Crippen LogP contribution < -0.4 is 4.74 Å². The van der Waals surface area contributed by atoms with E-state index in [0.29, 0.717) is 40.9 Å². The Morgan fingerprint density at radius 1 is 1.12 bits per heavy atom. The first-order valence-corrected chi connectivity index (χ1v) is 12.6. The van der Waals surface area contributed by atoms with Crippen molar-refractivity contribution in [1.29, 1.82) is 0 Å². The number of furan rings is 1. The lowest BCUT2D eigenvalue weighted by Gasteiger charge is -2.28. The molecule has 8 heteroatoms. The number of carbonyl (C=O) groups is 1. The van der Waals surface area contributed by atoms with Crippen molar-refractivity contribution in [2.45, 2.75) is 25.9 Å². The van der Waals surface area contributed by atoms with E-state index in [4.69, 9.17) is 20.8 Å². The highest BCUT2D eigenvalue weighted by atomic mass is 35.5. The van der Waals surface area contributed by atoms with E-state index < -0.39 is 15.9 Å². The molecule has 0 radical (unpaired) electrons. The smallest absolute Gasteiger partial charge is 0.258 e. The largest absolute Gasteiger partial charge is 0.493 e. The van der Waals surface area contributed by atoms with Crippen LogP contribution in [0.3, 0.4) is 0 Å². The maximum absolute atomic E-state index is 13.6. The monoisotopic (exact) mass is 473 g/mol. The van der Waals surface area contributed by atoms with Crippen molar-refractivity contribution < 1.29 is 22.4 Å². The third-order valence-corrected chi connectivity index (χ3v) is 7.45. The van der Waals surface area contributed by atoms with Gasteiger partial charge in [0.15, 0.2) is 9.84 Å². The van der Waals surface area contributed by atoms with Crippen LogP contribution >= 0.6 is 11.6 Å². The number of halogens is 1. The molecule has 0 N–H and O–H groups in total. The summed E-state index contributed by atoms with van der Waals surface area (Å²) in [6.45, 7) is 2.43. The summed E-state index contributed by atoms with van der Waals surface area (Å²) in [5, 5.41) is 0.632. The van der Waals surface area contributed by atoms with E-state index in [-0.39, 0.29) is 24.0 Å². The molecular formula is C24H24ClNO5S. The lowest BCUT2D eigenvalue weighted by atomic mass is 10.1. The van der Waals surface area contributed by atoms with E-state index in [0.717, 1.165) is 5.56 Å². The number of hydrogen-bond donors (Lipinski definition) is 0. The van der Waals surface area contributed by atoms with Crippen molar-refractivity contribution in [3.05, 3.63) is 77.0 Å². The Kier molecular flexibility index (Phi) is 6.58. The molecule has 1 saturated heterocycles. The summed E-state index contributed by atoms with van der Waals surface area (Å²) in [4.78, 5) is 15.1. The second-order valence-electron chi connectivity index (χ2n) is 7.69. The van der Waals surface area contributed by atoms with Crippen LogP contribution in [0.1, 0.15) is 29.5 Å². The molecule has 1 aliphatic rings. The summed E-state index contributed by atoms with van der Waals surface area (Å²) in [6.07, 6.45) is 0.398. The third-order valence-electron chi connectivity index (χ3n) is 5.44. The van der Waals surface area contributed by atoms with Gasteiger partial charge >= 0.3 is 0 Å². The molecule has 32 heavy (non-hydrogen) atoms. The summed E-state index contributed by atoms with van der Waals surface area (Å²) < 4.78 is 35.9. The highest BCUT2D eigenvalue weighted by Gasteiger charge is 2.36. The van der Waals surface area contributed by atoms with E-state index >= 15 is 0 Å². The van der Waals surface area contributed by atoms with Crippen LogP contribution in [0.4, 0.5) is 0 Å². The molecule has 1 amide bonds. The topological polar surface area (TPSA) is 76.8 Å². The van der Waals surface area contributed by atoms with Gasteiger partial charge in [0.25, 0.3) is 5.91 Å². The molecule has 168 valence electrons. The van der Waals surface area contributed by atoms with Crippen molar-refractivity contribution in [2.75, 3.05) is 18.1 Å². The van der Waals surface area contributed by atoms with Crippen LogP contribution in [0.2, 0.25) is 5.02 Å². The Hall–Kier alpha value is -2.77. The normalized spacial score (nSPS) is 17.2. The zero-order chi connectivity index (χ0) is 22.7. The van der Waals surface area contributed by atoms with Crippen molar-refractivity contribution in [3.8, 4) is 17.1 Å². The van der Waals surface area contributed by atoms with Gasteiger partial charge in [-0.2, -0.15) is 0 Å². The molecule has 1 fully saturated rings. The van der Waals surface area contributed by atoms with Gasteiger partial charge in [0.2, 0.25) is 0 Å². The number of benzene rings is 2. The summed E-state index contributed by atoms with van der Waals surface area (Å²) in [7, 11) is -3.18. The van der Waals surface area contributed by atoms with Crippen molar-refractivity contribution >= 4 is 27.3 Å². The zero-order valence-electron chi connectivity index (χ0n) is 17.7. The zero-order valence-corrected chi connectivity index (χ0v) is 19.2. The molecule has 0 aliphatic carbocycles. The number of hydrogen-bond acceptors (Lipinski definition) is 5. The number of amides is 1. The standard InChI is InChI=1S/C24H24ClNO5S/c1-2-30-23-6-4-3-5-21(23)24(27)26(19-13-14-32(28,29)16-19)15-20-11-12-22(31-20)17-7-9-18(25)10-8-17/h3-12,19H,2,13-16H2,1H3. The number of para-hydroxylation sites is 1.